The van der Waals surface area contributed by atoms with Crippen molar-refractivity contribution in [1.29, 1.82) is 5.26 Å². The van der Waals surface area contributed by atoms with Gasteiger partial charge in [-0.3, -0.25) is 9.59 Å². The fourth-order valence-corrected chi connectivity index (χ4v) is 5.38. The SMILES string of the molecule is N#CC1(C(=O)N2CC[C@@]34OC[C@@H](c5ccccc5)N3C(=O)C[C@@H]24)CCOCC1. The highest BCUT2D eigenvalue weighted by Crippen LogP contribution is 2.52. The van der Waals surface area contributed by atoms with E-state index in [0.29, 0.717) is 45.6 Å². The van der Waals surface area contributed by atoms with Crippen LogP contribution in [0.15, 0.2) is 30.3 Å². The second kappa shape index (κ2) is 6.29. The van der Waals surface area contributed by atoms with E-state index in [2.05, 4.69) is 6.07 Å². The van der Waals surface area contributed by atoms with Gasteiger partial charge >= 0.3 is 0 Å². The third-order valence-electron chi connectivity index (χ3n) is 6.87. The van der Waals surface area contributed by atoms with Crippen molar-refractivity contribution in [1.82, 2.24) is 9.80 Å². The lowest BCUT2D eigenvalue weighted by molar-refractivity contribution is -0.149. The van der Waals surface area contributed by atoms with Gasteiger partial charge in [0.15, 0.2) is 5.72 Å². The number of hydrogen-bond donors (Lipinski definition) is 0. The molecule has 146 valence electrons. The molecule has 0 aliphatic carbocycles. The van der Waals surface area contributed by atoms with E-state index in [-0.39, 0.29) is 30.3 Å². The molecule has 4 fully saturated rings. The Morgan fingerprint density at radius 1 is 1.18 bits per heavy atom. The number of carbonyl (C=O) groups is 2. The van der Waals surface area contributed by atoms with Gasteiger partial charge in [0.05, 0.1) is 31.2 Å². The third kappa shape index (κ3) is 2.28. The summed E-state index contributed by atoms with van der Waals surface area (Å²) in [6, 6.07) is 11.7. The second-order valence-electron chi connectivity index (χ2n) is 8.12. The summed E-state index contributed by atoms with van der Waals surface area (Å²) >= 11 is 0. The first-order valence-electron chi connectivity index (χ1n) is 9.92. The van der Waals surface area contributed by atoms with Crippen LogP contribution in [0.3, 0.4) is 0 Å². The number of amides is 2. The standard InChI is InChI=1S/C21H23N3O4/c22-14-20(7-10-27-11-8-20)19(26)23-9-6-21-17(23)12-18(25)24(21)16(13-28-21)15-4-2-1-3-5-15/h1-5,16-17H,6-13H2/t16-,17+,21-/m0/s1. The van der Waals surface area contributed by atoms with Crippen LogP contribution in [0.1, 0.15) is 37.3 Å². The Morgan fingerprint density at radius 3 is 2.64 bits per heavy atom. The number of rotatable bonds is 2. The van der Waals surface area contributed by atoms with E-state index in [4.69, 9.17) is 9.47 Å². The number of likely N-dealkylation sites (tertiary alicyclic amines) is 1. The van der Waals surface area contributed by atoms with Gasteiger partial charge in [-0.05, 0) is 18.4 Å². The molecule has 0 unspecified atom stereocenters. The minimum atomic E-state index is -1.04. The maximum atomic E-state index is 13.4. The minimum absolute atomic E-state index is 0.0202. The van der Waals surface area contributed by atoms with Crippen molar-refractivity contribution in [2.24, 2.45) is 5.41 Å². The van der Waals surface area contributed by atoms with E-state index in [0.717, 1.165) is 5.56 Å². The van der Waals surface area contributed by atoms with Crippen molar-refractivity contribution in [3.8, 4) is 6.07 Å². The van der Waals surface area contributed by atoms with Gasteiger partial charge in [-0.25, -0.2) is 0 Å². The highest BCUT2D eigenvalue weighted by molar-refractivity contribution is 5.89. The van der Waals surface area contributed by atoms with E-state index in [9.17, 15) is 14.9 Å². The van der Waals surface area contributed by atoms with Gasteiger partial charge in [-0.2, -0.15) is 5.26 Å². The number of nitrogens with zero attached hydrogens (tertiary/aromatic N) is 3. The van der Waals surface area contributed by atoms with Crippen LogP contribution in [-0.2, 0) is 19.1 Å². The summed E-state index contributed by atoms with van der Waals surface area (Å²) in [6.45, 7) is 1.78. The minimum Gasteiger partial charge on any atom is -0.381 e. The Labute approximate surface area is 163 Å². The molecule has 2 amide bonds. The Bertz CT molecular complexity index is 845. The summed E-state index contributed by atoms with van der Waals surface area (Å²) in [7, 11) is 0. The Balaban J connectivity index is 1.45. The fourth-order valence-electron chi connectivity index (χ4n) is 5.38. The predicted octanol–water partition coefficient (Wildman–Crippen LogP) is 1.61. The van der Waals surface area contributed by atoms with Crippen molar-refractivity contribution in [3.63, 3.8) is 0 Å². The van der Waals surface area contributed by atoms with Gasteiger partial charge in [-0.15, -0.1) is 0 Å². The summed E-state index contributed by atoms with van der Waals surface area (Å²) in [5, 5.41) is 9.78. The van der Waals surface area contributed by atoms with Gasteiger partial charge < -0.3 is 19.3 Å². The molecule has 0 N–H and O–H groups in total. The molecule has 1 aromatic carbocycles. The van der Waals surface area contributed by atoms with Crippen LogP contribution in [0.4, 0.5) is 0 Å². The number of ether oxygens (including phenoxy) is 2. The summed E-state index contributed by atoms with van der Waals surface area (Å²) in [5.41, 5.74) is -0.747. The number of nitriles is 1. The average molecular weight is 381 g/mol. The highest BCUT2D eigenvalue weighted by Gasteiger charge is 2.66. The van der Waals surface area contributed by atoms with Gasteiger partial charge in [-0.1, -0.05) is 30.3 Å². The first-order valence-corrected chi connectivity index (χ1v) is 9.92. The zero-order valence-corrected chi connectivity index (χ0v) is 15.7. The number of benzene rings is 1. The Morgan fingerprint density at radius 2 is 1.93 bits per heavy atom. The lowest BCUT2D eigenvalue weighted by atomic mass is 9.80. The molecule has 0 bridgehead atoms. The molecule has 4 saturated heterocycles. The van der Waals surface area contributed by atoms with Crippen molar-refractivity contribution >= 4 is 11.8 Å². The topological polar surface area (TPSA) is 82.9 Å². The monoisotopic (exact) mass is 381 g/mol. The molecule has 0 saturated carbocycles. The van der Waals surface area contributed by atoms with Crippen molar-refractivity contribution < 1.29 is 19.1 Å². The largest absolute Gasteiger partial charge is 0.381 e. The predicted molar refractivity (Wildman–Crippen MR) is 97.5 cm³/mol. The zero-order valence-electron chi connectivity index (χ0n) is 15.7. The molecule has 7 nitrogen and oxygen atoms in total. The summed E-state index contributed by atoms with van der Waals surface area (Å²) in [4.78, 5) is 30.0. The van der Waals surface area contributed by atoms with Crippen molar-refractivity contribution in [2.45, 2.75) is 43.5 Å². The molecule has 7 heteroatoms. The second-order valence-corrected chi connectivity index (χ2v) is 8.12. The van der Waals surface area contributed by atoms with Gasteiger partial charge in [0, 0.05) is 26.2 Å². The number of carbonyl (C=O) groups excluding carboxylic acids is 2. The molecular formula is C21H23N3O4. The zero-order chi connectivity index (χ0) is 19.4. The molecule has 1 spiro atoms. The molecule has 0 radical (unpaired) electrons. The summed E-state index contributed by atoms with van der Waals surface area (Å²) < 4.78 is 11.6. The third-order valence-corrected chi connectivity index (χ3v) is 6.87. The first kappa shape index (κ1) is 17.7. The van der Waals surface area contributed by atoms with E-state index >= 15 is 0 Å². The maximum absolute atomic E-state index is 13.4. The number of hydrogen-bond acceptors (Lipinski definition) is 5. The fraction of sp³-hybridized carbons (Fsp3) is 0.571. The smallest absolute Gasteiger partial charge is 0.243 e. The Kier molecular flexibility index (Phi) is 3.97. The molecule has 1 aromatic rings. The van der Waals surface area contributed by atoms with Crippen LogP contribution in [0, 0.1) is 16.7 Å². The van der Waals surface area contributed by atoms with Crippen LogP contribution in [-0.4, -0.2) is 59.7 Å². The van der Waals surface area contributed by atoms with E-state index in [1.165, 1.54) is 0 Å². The molecule has 0 aromatic heterocycles. The van der Waals surface area contributed by atoms with Crippen LogP contribution in [0.25, 0.3) is 0 Å². The summed E-state index contributed by atoms with van der Waals surface area (Å²) in [5.74, 6) is -0.145. The van der Waals surface area contributed by atoms with E-state index < -0.39 is 11.1 Å². The highest BCUT2D eigenvalue weighted by atomic mass is 16.5. The maximum Gasteiger partial charge on any atom is 0.243 e. The van der Waals surface area contributed by atoms with Gasteiger partial charge in [0.2, 0.25) is 11.8 Å². The van der Waals surface area contributed by atoms with Gasteiger partial charge in [0.1, 0.15) is 5.41 Å². The first-order chi connectivity index (χ1) is 13.6. The van der Waals surface area contributed by atoms with Crippen LogP contribution >= 0.6 is 0 Å². The van der Waals surface area contributed by atoms with Crippen molar-refractivity contribution in [3.05, 3.63) is 35.9 Å². The average Bonchev–Trinajstić information content (AvgIpc) is 3.37. The van der Waals surface area contributed by atoms with Crippen LogP contribution in [0.2, 0.25) is 0 Å². The van der Waals surface area contributed by atoms with Crippen LogP contribution in [0.5, 0.6) is 0 Å². The molecule has 3 atom stereocenters. The quantitative estimate of drug-likeness (QED) is 0.777. The molecule has 28 heavy (non-hydrogen) atoms. The normalized spacial score (nSPS) is 33.5. The van der Waals surface area contributed by atoms with Gasteiger partial charge in [0.25, 0.3) is 0 Å². The lowest BCUT2D eigenvalue weighted by Gasteiger charge is -2.37. The van der Waals surface area contributed by atoms with Crippen molar-refractivity contribution in [2.75, 3.05) is 26.4 Å². The molecule has 4 heterocycles. The Hall–Kier alpha value is -2.43. The van der Waals surface area contributed by atoms with E-state index in [1.807, 2.05) is 35.2 Å². The molecular weight excluding hydrogens is 358 g/mol. The van der Waals surface area contributed by atoms with Crippen LogP contribution < -0.4 is 0 Å². The molecule has 5 rings (SSSR count). The molecule has 4 aliphatic heterocycles. The molecule has 4 aliphatic rings. The van der Waals surface area contributed by atoms with E-state index in [1.54, 1.807) is 4.90 Å². The summed E-state index contributed by atoms with van der Waals surface area (Å²) in [6.07, 6.45) is 1.66. The lowest BCUT2D eigenvalue weighted by Crippen LogP contribution is -2.53.